The smallest absolute Gasteiger partial charge is 0.253 e. The minimum Gasteiger partial charge on any atom is -0.478 e. The molecule has 0 saturated carbocycles. The van der Waals surface area contributed by atoms with Gasteiger partial charge in [0, 0.05) is 25.7 Å². The van der Waals surface area contributed by atoms with E-state index >= 15 is 0 Å². The SMILES string of the molecule is Cc1nc(OCCC(C)C2CCN(c3ncc(Cl)cn3)CC2)ccc1C(=O)NCC(O)CO. The van der Waals surface area contributed by atoms with Gasteiger partial charge in [-0.15, -0.1) is 0 Å². The molecule has 1 aliphatic rings. The second-order valence-corrected chi connectivity index (χ2v) is 8.91. The summed E-state index contributed by atoms with van der Waals surface area (Å²) in [7, 11) is 0. The summed E-state index contributed by atoms with van der Waals surface area (Å²) in [4.78, 5) is 27.4. The largest absolute Gasteiger partial charge is 0.478 e. The van der Waals surface area contributed by atoms with E-state index in [1.807, 2.05) is 0 Å². The Labute approximate surface area is 199 Å². The second kappa shape index (κ2) is 12.1. The van der Waals surface area contributed by atoms with Gasteiger partial charge in [-0.2, -0.15) is 0 Å². The van der Waals surface area contributed by atoms with Crippen molar-refractivity contribution in [3.63, 3.8) is 0 Å². The summed E-state index contributed by atoms with van der Waals surface area (Å²) in [5, 5.41) is 21.3. The Bertz CT molecular complexity index is 906. The lowest BCUT2D eigenvalue weighted by atomic mass is 9.84. The standard InChI is InChI=1S/C23H32ClN5O4/c1-15(17-5-8-29(9-6-17)23-26-11-18(24)12-27-23)7-10-33-21-4-3-20(16(2)28-21)22(32)25-13-19(31)14-30/h3-4,11-12,15,17,19,30-31H,5-10,13-14H2,1-2H3,(H,25,32). The average molecular weight is 478 g/mol. The van der Waals surface area contributed by atoms with E-state index in [1.54, 1.807) is 31.5 Å². The zero-order chi connectivity index (χ0) is 23.8. The molecular weight excluding hydrogens is 446 g/mol. The van der Waals surface area contributed by atoms with E-state index in [-0.39, 0.29) is 12.5 Å². The third-order valence-electron chi connectivity index (χ3n) is 6.07. The van der Waals surface area contributed by atoms with E-state index in [0.29, 0.717) is 40.6 Å². The lowest BCUT2D eigenvalue weighted by Crippen LogP contribution is -2.36. The van der Waals surface area contributed by atoms with Crippen LogP contribution < -0.4 is 15.0 Å². The van der Waals surface area contributed by atoms with Gasteiger partial charge < -0.3 is 25.2 Å². The molecule has 2 unspecified atom stereocenters. The van der Waals surface area contributed by atoms with Crippen LogP contribution in [0.3, 0.4) is 0 Å². The predicted octanol–water partition coefficient (Wildman–Crippen LogP) is 2.24. The first-order valence-electron chi connectivity index (χ1n) is 11.3. The molecule has 0 spiro atoms. The maximum Gasteiger partial charge on any atom is 0.253 e. The first-order chi connectivity index (χ1) is 15.9. The van der Waals surface area contributed by atoms with E-state index in [1.165, 1.54) is 0 Å². The lowest BCUT2D eigenvalue weighted by Gasteiger charge is -2.34. The molecule has 0 bridgehead atoms. The molecule has 2 aromatic heterocycles. The van der Waals surface area contributed by atoms with Gasteiger partial charge in [0.05, 0.1) is 48.0 Å². The number of nitrogens with one attached hydrogen (secondary N) is 1. The molecule has 10 heteroatoms. The van der Waals surface area contributed by atoms with Crippen molar-refractivity contribution in [2.24, 2.45) is 11.8 Å². The van der Waals surface area contributed by atoms with E-state index in [0.717, 1.165) is 38.3 Å². The summed E-state index contributed by atoms with van der Waals surface area (Å²) in [6.07, 6.45) is 5.37. The van der Waals surface area contributed by atoms with Crippen LogP contribution in [0.5, 0.6) is 5.88 Å². The molecule has 180 valence electrons. The Morgan fingerprint density at radius 2 is 2.00 bits per heavy atom. The highest BCUT2D eigenvalue weighted by atomic mass is 35.5. The van der Waals surface area contributed by atoms with Crippen LogP contribution in [-0.4, -0.2) is 70.0 Å². The van der Waals surface area contributed by atoms with Gasteiger partial charge in [0.1, 0.15) is 0 Å². The molecule has 9 nitrogen and oxygen atoms in total. The highest BCUT2D eigenvalue weighted by molar-refractivity contribution is 6.30. The van der Waals surface area contributed by atoms with E-state index in [9.17, 15) is 9.90 Å². The fourth-order valence-corrected chi connectivity index (χ4v) is 4.05. The molecule has 2 aromatic rings. The minimum absolute atomic E-state index is 0.0173. The molecule has 2 atom stereocenters. The normalized spacial score (nSPS) is 16.3. The molecule has 3 N–H and O–H groups in total. The zero-order valence-corrected chi connectivity index (χ0v) is 19.8. The number of hydrogen-bond acceptors (Lipinski definition) is 8. The van der Waals surface area contributed by atoms with Gasteiger partial charge in [-0.25, -0.2) is 15.0 Å². The van der Waals surface area contributed by atoms with Crippen molar-refractivity contribution in [3.05, 3.63) is 40.8 Å². The van der Waals surface area contributed by atoms with Crippen LogP contribution in [0.4, 0.5) is 5.95 Å². The number of amides is 1. The fraction of sp³-hybridized carbons (Fsp3) is 0.565. The van der Waals surface area contributed by atoms with Crippen LogP contribution in [0.25, 0.3) is 0 Å². The number of pyridine rings is 1. The minimum atomic E-state index is -0.982. The van der Waals surface area contributed by atoms with Crippen molar-refractivity contribution < 1.29 is 19.7 Å². The van der Waals surface area contributed by atoms with E-state index in [2.05, 4.69) is 32.1 Å². The summed E-state index contributed by atoms with van der Waals surface area (Å²) < 4.78 is 5.84. The number of aliphatic hydroxyl groups excluding tert-OH is 2. The first kappa shape index (κ1) is 25.1. The number of aliphatic hydroxyl groups is 2. The quantitative estimate of drug-likeness (QED) is 0.476. The van der Waals surface area contributed by atoms with Crippen LogP contribution in [0.15, 0.2) is 24.5 Å². The van der Waals surface area contributed by atoms with Crippen molar-refractivity contribution in [1.82, 2.24) is 20.3 Å². The molecule has 1 saturated heterocycles. The third kappa shape index (κ3) is 7.25. The molecule has 0 aliphatic carbocycles. The molecule has 3 rings (SSSR count). The van der Waals surface area contributed by atoms with Gasteiger partial charge >= 0.3 is 0 Å². The molecular formula is C23H32ClN5O4. The lowest BCUT2D eigenvalue weighted by molar-refractivity contribution is 0.0801. The van der Waals surface area contributed by atoms with E-state index < -0.39 is 12.7 Å². The van der Waals surface area contributed by atoms with Gasteiger partial charge in [-0.3, -0.25) is 4.79 Å². The fourth-order valence-electron chi connectivity index (χ4n) is 3.95. The van der Waals surface area contributed by atoms with Crippen molar-refractivity contribution in [1.29, 1.82) is 0 Å². The Hall–Kier alpha value is -2.49. The molecule has 3 heterocycles. The monoisotopic (exact) mass is 477 g/mol. The summed E-state index contributed by atoms with van der Waals surface area (Å²) >= 11 is 5.87. The first-order valence-corrected chi connectivity index (χ1v) is 11.6. The van der Waals surface area contributed by atoms with Crippen LogP contribution in [0.2, 0.25) is 5.02 Å². The number of carbonyl (C=O) groups is 1. The van der Waals surface area contributed by atoms with Crippen LogP contribution in [-0.2, 0) is 0 Å². The summed E-state index contributed by atoms with van der Waals surface area (Å²) in [5.74, 6) is 2.01. The Morgan fingerprint density at radius 3 is 2.64 bits per heavy atom. The van der Waals surface area contributed by atoms with Gasteiger partial charge in [-0.1, -0.05) is 18.5 Å². The number of anilines is 1. The number of nitrogens with zero attached hydrogens (tertiary/aromatic N) is 4. The molecule has 0 radical (unpaired) electrons. The maximum absolute atomic E-state index is 12.2. The predicted molar refractivity (Wildman–Crippen MR) is 126 cm³/mol. The van der Waals surface area contributed by atoms with Crippen LogP contribution in [0.1, 0.15) is 42.2 Å². The number of ether oxygens (including phenoxy) is 1. The maximum atomic E-state index is 12.2. The van der Waals surface area contributed by atoms with Gasteiger partial charge in [0.2, 0.25) is 11.8 Å². The molecule has 1 aliphatic heterocycles. The van der Waals surface area contributed by atoms with Crippen LogP contribution >= 0.6 is 11.6 Å². The van der Waals surface area contributed by atoms with Crippen molar-refractivity contribution in [3.8, 4) is 5.88 Å². The topological polar surface area (TPSA) is 121 Å². The molecule has 33 heavy (non-hydrogen) atoms. The van der Waals surface area contributed by atoms with Gasteiger partial charge in [-0.05, 0) is 44.1 Å². The number of piperidine rings is 1. The Morgan fingerprint density at radius 1 is 1.30 bits per heavy atom. The number of hydrogen-bond donors (Lipinski definition) is 3. The third-order valence-corrected chi connectivity index (χ3v) is 6.27. The Kier molecular flexibility index (Phi) is 9.22. The number of aryl methyl sites for hydroxylation is 1. The molecule has 1 fully saturated rings. The number of carbonyl (C=O) groups excluding carboxylic acids is 1. The zero-order valence-electron chi connectivity index (χ0n) is 19.1. The second-order valence-electron chi connectivity index (χ2n) is 8.47. The molecule has 1 amide bonds. The average Bonchev–Trinajstić information content (AvgIpc) is 2.83. The van der Waals surface area contributed by atoms with Crippen molar-refractivity contribution in [2.45, 2.75) is 39.2 Å². The molecule has 0 aromatic carbocycles. The van der Waals surface area contributed by atoms with Crippen molar-refractivity contribution in [2.75, 3.05) is 37.7 Å². The van der Waals surface area contributed by atoms with Gasteiger partial charge in [0.25, 0.3) is 5.91 Å². The summed E-state index contributed by atoms with van der Waals surface area (Å²) in [6.45, 7) is 5.99. The van der Waals surface area contributed by atoms with Crippen molar-refractivity contribution >= 4 is 23.5 Å². The number of halogens is 1. The highest BCUT2D eigenvalue weighted by Gasteiger charge is 2.25. The number of rotatable bonds is 10. The Balaban J connectivity index is 1.41. The van der Waals surface area contributed by atoms with Crippen LogP contribution in [0, 0.1) is 18.8 Å². The van der Waals surface area contributed by atoms with E-state index in [4.69, 9.17) is 21.4 Å². The summed E-state index contributed by atoms with van der Waals surface area (Å²) in [5.41, 5.74) is 0.964. The highest BCUT2D eigenvalue weighted by Crippen LogP contribution is 2.28. The number of aromatic nitrogens is 3. The summed E-state index contributed by atoms with van der Waals surface area (Å²) in [6, 6.07) is 3.34. The van der Waals surface area contributed by atoms with Gasteiger partial charge in [0.15, 0.2) is 0 Å².